The summed E-state index contributed by atoms with van der Waals surface area (Å²) >= 11 is 1.58. The maximum atomic E-state index is 12.8. The summed E-state index contributed by atoms with van der Waals surface area (Å²) in [6, 6.07) is 6.95. The number of nitrogens with zero attached hydrogens (tertiary/aromatic N) is 3. The Morgan fingerprint density at radius 2 is 1.96 bits per heavy atom. The van der Waals surface area contributed by atoms with Crippen LogP contribution < -0.4 is 5.32 Å². The third kappa shape index (κ3) is 5.15. The van der Waals surface area contributed by atoms with E-state index < -0.39 is 10.0 Å². The standard InChI is InChI=1S/C19H26N4O3S2/c1-27-17-3-5-18(6-4-17)28(25,26)23-12-7-16(8-13-23)19(24)21-9-2-11-22-14-10-20-15-22/h3-6,10,14-16H,2,7-9,11-13H2,1H3,(H,21,24). The van der Waals surface area contributed by atoms with Gasteiger partial charge in [0.2, 0.25) is 15.9 Å². The molecule has 2 heterocycles. The molecule has 0 spiro atoms. The number of amides is 1. The maximum absolute atomic E-state index is 12.8. The summed E-state index contributed by atoms with van der Waals surface area (Å²) in [6.45, 7) is 2.17. The van der Waals surface area contributed by atoms with E-state index in [4.69, 9.17) is 0 Å². The van der Waals surface area contributed by atoms with Crippen LogP contribution in [0.1, 0.15) is 19.3 Å². The molecule has 28 heavy (non-hydrogen) atoms. The summed E-state index contributed by atoms with van der Waals surface area (Å²) in [5, 5.41) is 2.97. The largest absolute Gasteiger partial charge is 0.356 e. The molecule has 152 valence electrons. The number of carbonyl (C=O) groups excluding carboxylic acids is 1. The minimum atomic E-state index is -3.50. The average molecular weight is 423 g/mol. The van der Waals surface area contributed by atoms with Gasteiger partial charge in [-0.1, -0.05) is 0 Å². The second-order valence-corrected chi connectivity index (χ2v) is 9.62. The molecule has 1 aromatic heterocycles. The second kappa shape index (κ2) is 9.58. The molecule has 1 aliphatic rings. The topological polar surface area (TPSA) is 84.3 Å². The van der Waals surface area contributed by atoms with Gasteiger partial charge in [0.25, 0.3) is 0 Å². The van der Waals surface area contributed by atoms with Crippen molar-refractivity contribution >= 4 is 27.7 Å². The van der Waals surface area contributed by atoms with Crippen LogP contribution in [0.5, 0.6) is 0 Å². The fraction of sp³-hybridized carbons (Fsp3) is 0.474. The molecule has 0 aliphatic carbocycles. The van der Waals surface area contributed by atoms with Gasteiger partial charge < -0.3 is 9.88 Å². The number of rotatable bonds is 8. The first-order chi connectivity index (χ1) is 13.5. The lowest BCUT2D eigenvalue weighted by Crippen LogP contribution is -2.43. The number of sulfonamides is 1. The first kappa shape index (κ1) is 20.9. The Morgan fingerprint density at radius 3 is 2.57 bits per heavy atom. The molecule has 1 aliphatic heterocycles. The predicted molar refractivity (Wildman–Crippen MR) is 110 cm³/mol. The van der Waals surface area contributed by atoms with E-state index in [0.717, 1.165) is 17.9 Å². The van der Waals surface area contributed by atoms with Gasteiger partial charge >= 0.3 is 0 Å². The van der Waals surface area contributed by atoms with Crippen molar-refractivity contribution in [2.45, 2.75) is 35.6 Å². The number of piperidine rings is 1. The first-order valence-corrected chi connectivity index (χ1v) is 12.0. The van der Waals surface area contributed by atoms with Gasteiger partial charge in [-0.3, -0.25) is 4.79 Å². The highest BCUT2D eigenvalue weighted by Crippen LogP contribution is 2.25. The summed E-state index contributed by atoms with van der Waals surface area (Å²) in [5.74, 6) is -0.106. The monoisotopic (exact) mass is 422 g/mol. The minimum absolute atomic E-state index is 0.0204. The Kier molecular flexibility index (Phi) is 7.14. The highest BCUT2D eigenvalue weighted by Gasteiger charge is 2.31. The van der Waals surface area contributed by atoms with Crippen molar-refractivity contribution < 1.29 is 13.2 Å². The maximum Gasteiger partial charge on any atom is 0.243 e. The van der Waals surface area contributed by atoms with E-state index in [0.29, 0.717) is 37.4 Å². The van der Waals surface area contributed by atoms with Crippen LogP contribution in [0.25, 0.3) is 0 Å². The number of nitrogens with one attached hydrogen (secondary N) is 1. The Balaban J connectivity index is 1.45. The van der Waals surface area contributed by atoms with Gasteiger partial charge in [0.15, 0.2) is 0 Å². The zero-order chi connectivity index (χ0) is 20.0. The predicted octanol–water partition coefficient (Wildman–Crippen LogP) is 2.21. The average Bonchev–Trinajstić information content (AvgIpc) is 3.25. The summed E-state index contributed by atoms with van der Waals surface area (Å²) < 4.78 is 29.1. The molecule has 0 saturated carbocycles. The lowest BCUT2D eigenvalue weighted by Gasteiger charge is -2.30. The zero-order valence-corrected chi connectivity index (χ0v) is 17.6. The Labute approximate surface area is 170 Å². The van der Waals surface area contributed by atoms with Crippen molar-refractivity contribution in [2.24, 2.45) is 5.92 Å². The Morgan fingerprint density at radius 1 is 1.25 bits per heavy atom. The fourth-order valence-electron chi connectivity index (χ4n) is 3.29. The molecule has 1 amide bonds. The van der Waals surface area contributed by atoms with Crippen molar-refractivity contribution in [3.8, 4) is 0 Å². The van der Waals surface area contributed by atoms with Gasteiger partial charge in [-0.05, 0) is 49.8 Å². The van der Waals surface area contributed by atoms with E-state index in [9.17, 15) is 13.2 Å². The Hall–Kier alpha value is -1.84. The molecule has 2 aromatic rings. The SMILES string of the molecule is CSc1ccc(S(=O)(=O)N2CCC(C(=O)NCCCn3ccnc3)CC2)cc1. The van der Waals surface area contributed by atoms with Crippen LogP contribution in [0.15, 0.2) is 52.8 Å². The van der Waals surface area contributed by atoms with Gasteiger partial charge in [-0.2, -0.15) is 4.31 Å². The second-order valence-electron chi connectivity index (χ2n) is 6.80. The van der Waals surface area contributed by atoms with Crippen LogP contribution >= 0.6 is 11.8 Å². The third-order valence-electron chi connectivity index (χ3n) is 4.97. The number of imidazole rings is 1. The molecular formula is C19H26N4O3S2. The molecule has 3 rings (SSSR count). The number of aryl methyl sites for hydroxylation is 1. The van der Waals surface area contributed by atoms with E-state index >= 15 is 0 Å². The molecule has 1 N–H and O–H groups in total. The summed E-state index contributed by atoms with van der Waals surface area (Å²) in [6.07, 6.45) is 9.28. The van der Waals surface area contributed by atoms with E-state index in [-0.39, 0.29) is 11.8 Å². The molecule has 1 fully saturated rings. The molecule has 1 saturated heterocycles. The van der Waals surface area contributed by atoms with Gasteiger partial charge in [0.05, 0.1) is 11.2 Å². The number of aromatic nitrogens is 2. The molecule has 1 aromatic carbocycles. The van der Waals surface area contributed by atoms with Crippen LogP contribution in [-0.4, -0.2) is 54.1 Å². The van der Waals surface area contributed by atoms with Crippen molar-refractivity contribution in [2.75, 3.05) is 25.9 Å². The van der Waals surface area contributed by atoms with Gasteiger partial charge in [0.1, 0.15) is 0 Å². The number of hydrogen-bond donors (Lipinski definition) is 1. The smallest absolute Gasteiger partial charge is 0.243 e. The normalized spacial score (nSPS) is 16.2. The van der Waals surface area contributed by atoms with Crippen LogP contribution in [0.2, 0.25) is 0 Å². The molecule has 9 heteroatoms. The first-order valence-electron chi connectivity index (χ1n) is 9.38. The third-order valence-corrected chi connectivity index (χ3v) is 7.63. The zero-order valence-electron chi connectivity index (χ0n) is 16.0. The lowest BCUT2D eigenvalue weighted by molar-refractivity contribution is -0.126. The van der Waals surface area contributed by atoms with Crippen molar-refractivity contribution in [1.82, 2.24) is 19.2 Å². The lowest BCUT2D eigenvalue weighted by atomic mass is 9.97. The summed E-state index contributed by atoms with van der Waals surface area (Å²) in [4.78, 5) is 17.7. The van der Waals surface area contributed by atoms with Crippen LogP contribution in [0, 0.1) is 5.92 Å². The van der Waals surface area contributed by atoms with E-state index in [2.05, 4.69) is 10.3 Å². The van der Waals surface area contributed by atoms with Gasteiger partial charge in [0, 0.05) is 49.4 Å². The van der Waals surface area contributed by atoms with Crippen molar-refractivity contribution in [3.63, 3.8) is 0 Å². The molecule has 0 bridgehead atoms. The highest BCUT2D eigenvalue weighted by molar-refractivity contribution is 7.98. The molecule has 0 radical (unpaired) electrons. The van der Waals surface area contributed by atoms with E-state index in [1.807, 2.05) is 29.2 Å². The van der Waals surface area contributed by atoms with Crippen LogP contribution in [0.3, 0.4) is 0 Å². The number of thioether (sulfide) groups is 1. The number of hydrogen-bond acceptors (Lipinski definition) is 5. The summed E-state index contributed by atoms with van der Waals surface area (Å²) in [7, 11) is -3.50. The van der Waals surface area contributed by atoms with Gasteiger partial charge in [-0.25, -0.2) is 13.4 Å². The molecule has 0 unspecified atom stereocenters. The fourth-order valence-corrected chi connectivity index (χ4v) is 5.17. The van der Waals surface area contributed by atoms with Crippen LogP contribution in [0.4, 0.5) is 0 Å². The minimum Gasteiger partial charge on any atom is -0.356 e. The Bertz CT molecular complexity index is 859. The van der Waals surface area contributed by atoms with Crippen LogP contribution in [-0.2, 0) is 21.4 Å². The number of benzene rings is 1. The van der Waals surface area contributed by atoms with Crippen molar-refractivity contribution in [1.29, 1.82) is 0 Å². The summed E-state index contributed by atoms with van der Waals surface area (Å²) in [5.41, 5.74) is 0. The molecular weight excluding hydrogens is 396 g/mol. The van der Waals surface area contributed by atoms with E-state index in [1.54, 1.807) is 36.4 Å². The van der Waals surface area contributed by atoms with Gasteiger partial charge in [-0.15, -0.1) is 11.8 Å². The van der Waals surface area contributed by atoms with Crippen molar-refractivity contribution in [3.05, 3.63) is 43.0 Å². The quantitative estimate of drug-likeness (QED) is 0.521. The molecule has 0 atom stereocenters. The highest BCUT2D eigenvalue weighted by atomic mass is 32.2. The molecule has 7 nitrogen and oxygen atoms in total. The number of carbonyl (C=O) groups is 1. The van der Waals surface area contributed by atoms with E-state index in [1.165, 1.54) is 4.31 Å².